The number of rotatable bonds is 15. The zero-order valence-corrected chi connectivity index (χ0v) is 42.2. The van der Waals surface area contributed by atoms with E-state index >= 15 is 0 Å². The number of thiophene rings is 2. The lowest BCUT2D eigenvalue weighted by Gasteiger charge is -2.05. The molecule has 0 saturated carbocycles. The fourth-order valence-electron chi connectivity index (χ4n) is 7.90. The van der Waals surface area contributed by atoms with Gasteiger partial charge in [0.25, 0.3) is 0 Å². The number of pyridine rings is 6. The molecule has 6 nitrogen and oxygen atoms in total. The molecule has 8 aromatic heterocycles. The van der Waals surface area contributed by atoms with Crippen molar-refractivity contribution in [2.75, 3.05) is 0 Å². The molecule has 0 aromatic carbocycles. The maximum atomic E-state index is 4.79. The van der Waals surface area contributed by atoms with Crippen LogP contribution in [0.15, 0.2) is 122 Å². The molecule has 0 aliphatic rings. The highest BCUT2D eigenvalue weighted by atomic mass is 32.1. The fraction of sp³-hybridized carbons (Fsp3) is 0.258. The molecule has 8 aromatic rings. The normalized spacial score (nSPS) is 10.5. The molecule has 0 saturated heterocycles. The summed E-state index contributed by atoms with van der Waals surface area (Å²) in [4.78, 5) is 32.1. The van der Waals surface area contributed by atoms with Crippen molar-refractivity contribution in [3.8, 4) is 81.5 Å². The van der Waals surface area contributed by atoms with Crippen molar-refractivity contribution >= 4 is 22.7 Å². The van der Waals surface area contributed by atoms with E-state index in [4.69, 9.17) is 9.97 Å². The van der Waals surface area contributed by atoms with Gasteiger partial charge in [0.1, 0.15) is 0 Å². The first-order valence-corrected chi connectivity index (χ1v) is 26.2. The molecular formula is C62H56N6S2. The Morgan fingerprint density at radius 2 is 0.586 bits per heavy atom. The molecule has 0 spiro atoms. The zero-order valence-electron chi connectivity index (χ0n) is 40.5. The molecule has 8 rings (SSSR count). The fourth-order valence-corrected chi connectivity index (χ4v) is 10.1. The van der Waals surface area contributed by atoms with Crippen LogP contribution in [0.2, 0.25) is 0 Å². The van der Waals surface area contributed by atoms with Gasteiger partial charge in [-0.05, 0) is 146 Å². The highest BCUT2D eigenvalue weighted by Crippen LogP contribution is 2.33. The summed E-state index contributed by atoms with van der Waals surface area (Å²) in [6.45, 7) is 8.96. The van der Waals surface area contributed by atoms with Crippen molar-refractivity contribution < 1.29 is 0 Å². The van der Waals surface area contributed by atoms with Crippen molar-refractivity contribution in [3.63, 3.8) is 0 Å². The zero-order chi connectivity index (χ0) is 48.3. The molecule has 70 heavy (non-hydrogen) atoms. The van der Waals surface area contributed by atoms with Crippen molar-refractivity contribution in [1.29, 1.82) is 0 Å². The Hall–Kier alpha value is -7.46. The van der Waals surface area contributed by atoms with Gasteiger partial charge in [-0.3, -0.25) is 29.9 Å². The van der Waals surface area contributed by atoms with Gasteiger partial charge in [-0.15, -0.1) is 22.7 Å². The van der Waals surface area contributed by atoms with Crippen molar-refractivity contribution in [2.45, 2.75) is 105 Å². The van der Waals surface area contributed by atoms with Crippen LogP contribution in [0.3, 0.4) is 0 Å². The Bertz CT molecular complexity index is 3010. The smallest absolute Gasteiger partial charge is 0.0887 e. The Labute approximate surface area is 422 Å². The van der Waals surface area contributed by atoms with E-state index < -0.39 is 0 Å². The number of hydrogen-bond donors (Lipinski definition) is 0. The number of unbranched alkanes of at least 4 members (excludes halogenated alkanes) is 4. The van der Waals surface area contributed by atoms with Crippen molar-refractivity contribution in [1.82, 2.24) is 29.9 Å². The highest BCUT2D eigenvalue weighted by Gasteiger charge is 2.17. The molecule has 0 fully saturated rings. The largest absolute Gasteiger partial charge is 0.255 e. The van der Waals surface area contributed by atoms with Crippen molar-refractivity contribution in [3.05, 3.63) is 186 Å². The molecule has 0 aliphatic carbocycles. The van der Waals surface area contributed by atoms with Gasteiger partial charge in [-0.1, -0.05) is 113 Å². The Kier molecular flexibility index (Phi) is 17.7. The SMILES string of the molecule is CCCCc1c(C#Cc2ccc(-c3ccccn3)nc2)sc(C#Cc2ccc(-c3ccc(C#Cc4sc(C#Cc5ccc(-c6ccccn6)nc5)c(CCCC)c4CCCC)cn3)nc2)c1CCCC. The van der Waals surface area contributed by atoms with Gasteiger partial charge in [-0.25, -0.2) is 0 Å². The van der Waals surface area contributed by atoms with Crippen LogP contribution in [-0.4, -0.2) is 29.9 Å². The average Bonchev–Trinajstić information content (AvgIpc) is 3.93. The summed E-state index contributed by atoms with van der Waals surface area (Å²) >= 11 is 3.42. The van der Waals surface area contributed by atoms with Crippen molar-refractivity contribution in [2.24, 2.45) is 0 Å². The standard InChI is InChI=1S/C62H56N6S2/c1-5-9-17-49-51(19-11-7-3)61(69-59(49)35-27-45-23-31-55(65-41-45)53-21-13-15-39-63-53)37-29-47-25-33-57(67-43-47)58-34-26-48(44-68-58)30-38-62-52(20-12-8-4)50(18-10-6-2)60(70-62)36-28-46-24-32-56(66-42-46)54-22-14-16-40-64-54/h13-16,21-26,31-34,39-44H,5-12,17-20H2,1-4H3. The summed E-state index contributed by atoms with van der Waals surface area (Å²) in [5, 5.41) is 0. The summed E-state index contributed by atoms with van der Waals surface area (Å²) < 4.78 is 0. The molecule has 346 valence electrons. The van der Waals surface area contributed by atoms with Gasteiger partial charge >= 0.3 is 0 Å². The predicted molar refractivity (Wildman–Crippen MR) is 289 cm³/mol. The van der Waals surface area contributed by atoms with E-state index in [-0.39, 0.29) is 0 Å². The molecule has 0 amide bonds. The highest BCUT2D eigenvalue weighted by molar-refractivity contribution is 7.13. The lowest BCUT2D eigenvalue weighted by atomic mass is 9.98. The molecular weight excluding hydrogens is 893 g/mol. The van der Waals surface area contributed by atoms with E-state index in [0.29, 0.717) is 0 Å². The van der Waals surface area contributed by atoms with Crippen LogP contribution >= 0.6 is 22.7 Å². The van der Waals surface area contributed by atoms with Crippen LogP contribution < -0.4 is 0 Å². The summed E-state index contributed by atoms with van der Waals surface area (Å²) in [5.74, 6) is 27.8. The third-order valence-corrected chi connectivity index (χ3v) is 14.0. The quantitative estimate of drug-likeness (QED) is 0.0953. The number of hydrogen-bond acceptors (Lipinski definition) is 8. The average molecular weight is 949 g/mol. The minimum absolute atomic E-state index is 0.789. The third kappa shape index (κ3) is 13.0. The summed E-state index contributed by atoms with van der Waals surface area (Å²) in [5.41, 5.74) is 13.8. The lowest BCUT2D eigenvalue weighted by Crippen LogP contribution is -1.95. The predicted octanol–water partition coefficient (Wildman–Crippen LogP) is 14.2. The van der Waals surface area contributed by atoms with Crippen LogP contribution in [0.25, 0.3) is 34.2 Å². The van der Waals surface area contributed by atoms with E-state index in [2.05, 4.69) is 95.0 Å². The Morgan fingerprint density at radius 1 is 0.314 bits per heavy atom. The second-order valence-corrected chi connectivity index (χ2v) is 19.0. The second kappa shape index (κ2) is 25.2. The van der Waals surface area contributed by atoms with Gasteiger partial charge in [0.05, 0.1) is 53.7 Å². The van der Waals surface area contributed by atoms with Gasteiger partial charge in [0.2, 0.25) is 0 Å². The van der Waals surface area contributed by atoms with E-state index in [1.807, 2.05) is 110 Å². The van der Waals surface area contributed by atoms with E-state index in [1.54, 1.807) is 35.1 Å². The van der Waals surface area contributed by atoms with Crippen LogP contribution in [0, 0.1) is 47.4 Å². The summed E-state index contributed by atoms with van der Waals surface area (Å²) in [6, 6.07) is 27.8. The first-order valence-electron chi connectivity index (χ1n) is 24.6. The molecule has 0 N–H and O–H groups in total. The number of nitrogens with zero attached hydrogens (tertiary/aromatic N) is 6. The molecule has 0 bridgehead atoms. The van der Waals surface area contributed by atoms with E-state index in [1.165, 1.54) is 22.3 Å². The van der Waals surface area contributed by atoms with E-state index in [9.17, 15) is 0 Å². The molecule has 8 heterocycles. The molecule has 8 heteroatoms. The minimum Gasteiger partial charge on any atom is -0.255 e. The maximum Gasteiger partial charge on any atom is 0.0887 e. The van der Waals surface area contributed by atoms with Crippen LogP contribution in [0.5, 0.6) is 0 Å². The van der Waals surface area contributed by atoms with Crippen LogP contribution in [-0.2, 0) is 25.7 Å². The first kappa shape index (κ1) is 49.0. The molecule has 0 unspecified atom stereocenters. The maximum absolute atomic E-state index is 4.79. The summed E-state index contributed by atoms with van der Waals surface area (Å²) in [7, 11) is 0. The van der Waals surface area contributed by atoms with Crippen LogP contribution in [0.1, 0.15) is 143 Å². The van der Waals surface area contributed by atoms with Gasteiger partial charge in [0.15, 0.2) is 0 Å². The second-order valence-electron chi connectivity index (χ2n) is 17.0. The molecule has 0 atom stereocenters. The monoisotopic (exact) mass is 948 g/mol. The topological polar surface area (TPSA) is 77.3 Å². The summed E-state index contributed by atoms with van der Waals surface area (Å²) in [6.07, 6.45) is 23.8. The first-order chi connectivity index (χ1) is 34.5. The molecule has 0 radical (unpaired) electrons. The minimum atomic E-state index is 0.789. The van der Waals surface area contributed by atoms with Gasteiger partial charge in [-0.2, -0.15) is 0 Å². The number of aromatic nitrogens is 6. The third-order valence-electron chi connectivity index (χ3n) is 11.8. The van der Waals surface area contributed by atoms with Gasteiger partial charge < -0.3 is 0 Å². The Morgan fingerprint density at radius 3 is 0.800 bits per heavy atom. The molecule has 0 aliphatic heterocycles. The Balaban J connectivity index is 0.993. The van der Waals surface area contributed by atoms with Crippen LogP contribution in [0.4, 0.5) is 0 Å². The van der Waals surface area contributed by atoms with E-state index in [0.717, 1.165) is 153 Å². The lowest BCUT2D eigenvalue weighted by molar-refractivity contribution is 0.760. The van der Waals surface area contributed by atoms with Gasteiger partial charge in [0, 0.05) is 59.4 Å².